The molecule has 13 heavy (non-hydrogen) atoms. The summed E-state index contributed by atoms with van der Waals surface area (Å²) in [4.78, 5) is 2.23. The normalized spacial score (nSPS) is 29.0. The molecule has 2 nitrogen and oxygen atoms in total. The van der Waals surface area contributed by atoms with Crippen LogP contribution < -0.4 is 0 Å². The van der Waals surface area contributed by atoms with Crippen molar-refractivity contribution in [2.24, 2.45) is 5.92 Å². The maximum absolute atomic E-state index is 9.68. The van der Waals surface area contributed by atoms with Crippen molar-refractivity contribution in [3.8, 4) is 0 Å². The summed E-state index contributed by atoms with van der Waals surface area (Å²) >= 11 is 0. The summed E-state index contributed by atoms with van der Waals surface area (Å²) in [6.45, 7) is 10.2. The molecule has 1 saturated heterocycles. The first-order chi connectivity index (χ1) is 6.15. The number of piperidine rings is 1. The number of hydrogen-bond acceptors (Lipinski definition) is 2. The summed E-state index contributed by atoms with van der Waals surface area (Å²) in [6.07, 6.45) is 3.12. The van der Waals surface area contributed by atoms with Gasteiger partial charge in [0.1, 0.15) is 0 Å². The highest BCUT2D eigenvalue weighted by molar-refractivity contribution is 4.96. The third kappa shape index (κ3) is 2.73. The van der Waals surface area contributed by atoms with Crippen molar-refractivity contribution in [3.05, 3.63) is 12.3 Å². The molecule has 1 heterocycles. The number of aliphatic hydroxyl groups excluding tert-OH is 1. The summed E-state index contributed by atoms with van der Waals surface area (Å²) in [7, 11) is 0. The van der Waals surface area contributed by atoms with Gasteiger partial charge < -0.3 is 10.0 Å². The Morgan fingerprint density at radius 2 is 2.31 bits per heavy atom. The molecule has 0 saturated carbocycles. The SMILES string of the molecule is C=C(CCC)N1CCC(C)C(O)C1. The lowest BCUT2D eigenvalue weighted by molar-refractivity contribution is 0.0422. The predicted molar refractivity (Wildman–Crippen MR) is 55.4 cm³/mol. The van der Waals surface area contributed by atoms with Gasteiger partial charge >= 0.3 is 0 Å². The van der Waals surface area contributed by atoms with Crippen molar-refractivity contribution < 1.29 is 5.11 Å². The van der Waals surface area contributed by atoms with Gasteiger partial charge in [-0.3, -0.25) is 0 Å². The molecular weight excluding hydrogens is 162 g/mol. The van der Waals surface area contributed by atoms with Gasteiger partial charge in [-0.25, -0.2) is 0 Å². The molecule has 1 N–H and O–H groups in total. The molecule has 0 amide bonds. The fraction of sp³-hybridized carbons (Fsp3) is 0.818. The Labute approximate surface area is 81.2 Å². The quantitative estimate of drug-likeness (QED) is 0.723. The molecule has 0 spiro atoms. The summed E-state index contributed by atoms with van der Waals surface area (Å²) in [6, 6.07) is 0. The molecular formula is C11H21NO. The lowest BCUT2D eigenvalue weighted by atomic mass is 9.95. The highest BCUT2D eigenvalue weighted by Crippen LogP contribution is 2.21. The maximum Gasteiger partial charge on any atom is 0.0741 e. The van der Waals surface area contributed by atoms with Crippen LogP contribution in [0.4, 0.5) is 0 Å². The van der Waals surface area contributed by atoms with Gasteiger partial charge in [-0.1, -0.05) is 26.8 Å². The first-order valence-electron chi connectivity index (χ1n) is 5.26. The largest absolute Gasteiger partial charge is 0.391 e. The van der Waals surface area contributed by atoms with Gasteiger partial charge in [0.2, 0.25) is 0 Å². The van der Waals surface area contributed by atoms with E-state index in [2.05, 4.69) is 25.3 Å². The van der Waals surface area contributed by atoms with Crippen LogP contribution in [0.5, 0.6) is 0 Å². The minimum Gasteiger partial charge on any atom is -0.391 e. The third-order valence-electron chi connectivity index (χ3n) is 2.90. The minimum absolute atomic E-state index is 0.164. The summed E-state index contributed by atoms with van der Waals surface area (Å²) < 4.78 is 0. The number of rotatable bonds is 3. The van der Waals surface area contributed by atoms with Crippen LogP contribution in [0.2, 0.25) is 0 Å². The van der Waals surface area contributed by atoms with Gasteiger partial charge in [-0.2, -0.15) is 0 Å². The molecule has 1 rings (SSSR count). The fourth-order valence-corrected chi connectivity index (χ4v) is 1.78. The highest BCUT2D eigenvalue weighted by atomic mass is 16.3. The molecule has 0 aromatic heterocycles. The zero-order valence-electron chi connectivity index (χ0n) is 8.79. The number of nitrogens with zero attached hydrogens (tertiary/aromatic N) is 1. The number of likely N-dealkylation sites (tertiary alicyclic amines) is 1. The predicted octanol–water partition coefficient (Wildman–Crippen LogP) is 2.00. The number of hydrogen-bond donors (Lipinski definition) is 1. The van der Waals surface area contributed by atoms with E-state index in [4.69, 9.17) is 0 Å². The van der Waals surface area contributed by atoms with E-state index in [9.17, 15) is 5.11 Å². The average Bonchev–Trinajstić information content (AvgIpc) is 2.10. The van der Waals surface area contributed by atoms with Gasteiger partial charge in [0, 0.05) is 18.8 Å². The first kappa shape index (κ1) is 10.6. The number of allylic oxidation sites excluding steroid dienone is 1. The molecule has 0 aliphatic carbocycles. The van der Waals surface area contributed by atoms with Crippen molar-refractivity contribution in [2.45, 2.75) is 39.2 Å². The second-order valence-corrected chi connectivity index (χ2v) is 4.10. The first-order valence-corrected chi connectivity index (χ1v) is 5.26. The third-order valence-corrected chi connectivity index (χ3v) is 2.90. The molecule has 0 aromatic rings. The zero-order chi connectivity index (χ0) is 9.84. The van der Waals surface area contributed by atoms with Crippen LogP contribution in [0.15, 0.2) is 12.3 Å². The molecule has 2 unspecified atom stereocenters. The van der Waals surface area contributed by atoms with E-state index in [0.717, 1.165) is 32.4 Å². The fourth-order valence-electron chi connectivity index (χ4n) is 1.78. The Kier molecular flexibility index (Phi) is 3.79. The Morgan fingerprint density at radius 3 is 2.85 bits per heavy atom. The standard InChI is InChI=1S/C11H21NO/c1-4-5-10(3)12-7-6-9(2)11(13)8-12/h9,11,13H,3-8H2,1-2H3. The number of aliphatic hydroxyl groups is 1. The monoisotopic (exact) mass is 183 g/mol. The molecule has 1 aliphatic heterocycles. The van der Waals surface area contributed by atoms with E-state index < -0.39 is 0 Å². The summed E-state index contributed by atoms with van der Waals surface area (Å²) in [5, 5.41) is 9.68. The lowest BCUT2D eigenvalue weighted by Gasteiger charge is -2.36. The van der Waals surface area contributed by atoms with Crippen LogP contribution in [0.3, 0.4) is 0 Å². The molecule has 2 heteroatoms. The minimum atomic E-state index is -0.164. The molecule has 1 fully saturated rings. The Morgan fingerprint density at radius 1 is 1.62 bits per heavy atom. The van der Waals surface area contributed by atoms with Gasteiger partial charge in [-0.15, -0.1) is 0 Å². The van der Waals surface area contributed by atoms with Crippen molar-refractivity contribution in [2.75, 3.05) is 13.1 Å². The second-order valence-electron chi connectivity index (χ2n) is 4.10. The van der Waals surface area contributed by atoms with Crippen LogP contribution >= 0.6 is 0 Å². The van der Waals surface area contributed by atoms with Crippen LogP contribution in [-0.2, 0) is 0 Å². The van der Waals surface area contributed by atoms with E-state index in [-0.39, 0.29) is 6.10 Å². The topological polar surface area (TPSA) is 23.5 Å². The van der Waals surface area contributed by atoms with Gasteiger partial charge in [0.25, 0.3) is 0 Å². The molecule has 0 radical (unpaired) electrons. The Balaban J connectivity index is 2.40. The van der Waals surface area contributed by atoms with E-state index in [1.54, 1.807) is 0 Å². The van der Waals surface area contributed by atoms with Crippen molar-refractivity contribution >= 4 is 0 Å². The summed E-state index contributed by atoms with van der Waals surface area (Å²) in [5.74, 6) is 0.450. The highest BCUT2D eigenvalue weighted by Gasteiger charge is 2.24. The van der Waals surface area contributed by atoms with Crippen LogP contribution in [0.1, 0.15) is 33.1 Å². The van der Waals surface area contributed by atoms with Gasteiger partial charge in [0.05, 0.1) is 6.10 Å². The Bertz CT molecular complexity index is 179. The van der Waals surface area contributed by atoms with Crippen molar-refractivity contribution in [3.63, 3.8) is 0 Å². The van der Waals surface area contributed by atoms with Crippen molar-refractivity contribution in [1.29, 1.82) is 0 Å². The van der Waals surface area contributed by atoms with Gasteiger partial charge in [0.15, 0.2) is 0 Å². The smallest absolute Gasteiger partial charge is 0.0741 e. The maximum atomic E-state index is 9.68. The van der Waals surface area contributed by atoms with Crippen LogP contribution in [0, 0.1) is 5.92 Å². The molecule has 76 valence electrons. The molecule has 0 aromatic carbocycles. The van der Waals surface area contributed by atoms with E-state index >= 15 is 0 Å². The lowest BCUT2D eigenvalue weighted by Crippen LogP contribution is -2.41. The zero-order valence-corrected chi connectivity index (χ0v) is 8.79. The molecule has 0 bridgehead atoms. The second kappa shape index (κ2) is 4.66. The summed E-state index contributed by atoms with van der Waals surface area (Å²) in [5.41, 5.74) is 1.19. The van der Waals surface area contributed by atoms with E-state index in [1.165, 1.54) is 5.70 Å². The molecule has 2 atom stereocenters. The molecule has 1 aliphatic rings. The van der Waals surface area contributed by atoms with Crippen molar-refractivity contribution in [1.82, 2.24) is 4.90 Å². The number of β-amino-alcohol motifs (C(OH)–C–C–N with tert-alkyl or cyclic N) is 1. The van der Waals surface area contributed by atoms with E-state index in [0.29, 0.717) is 5.92 Å². The Hall–Kier alpha value is -0.500. The van der Waals surface area contributed by atoms with Crippen LogP contribution in [-0.4, -0.2) is 29.2 Å². The average molecular weight is 183 g/mol. The van der Waals surface area contributed by atoms with Gasteiger partial charge in [-0.05, 0) is 18.8 Å². The van der Waals surface area contributed by atoms with E-state index in [1.807, 2.05) is 0 Å². The van der Waals surface area contributed by atoms with Crippen LogP contribution in [0.25, 0.3) is 0 Å².